The van der Waals surface area contributed by atoms with Gasteiger partial charge in [-0.3, -0.25) is 0 Å². The third-order valence-electron chi connectivity index (χ3n) is 3.62. The van der Waals surface area contributed by atoms with Crippen LogP contribution in [0.15, 0.2) is 53.1 Å². The lowest BCUT2D eigenvalue weighted by Gasteiger charge is -2.11. The zero-order valence-corrected chi connectivity index (χ0v) is 15.5. The molecule has 0 unspecified atom stereocenters. The maximum atomic E-state index is 5.85. The van der Waals surface area contributed by atoms with Gasteiger partial charge in [-0.25, -0.2) is 4.98 Å². The molecule has 0 amide bonds. The molecular weight excluding hydrogens is 382 g/mol. The van der Waals surface area contributed by atoms with E-state index in [1.807, 2.05) is 49.4 Å². The molecule has 0 saturated carbocycles. The van der Waals surface area contributed by atoms with Crippen LogP contribution < -0.4 is 21.1 Å². The van der Waals surface area contributed by atoms with Crippen LogP contribution in [0.4, 0.5) is 28.8 Å². The number of nitrogens with two attached hydrogens (primary N) is 1. The van der Waals surface area contributed by atoms with Gasteiger partial charge < -0.3 is 21.1 Å². The Balaban J connectivity index is 1.80. The number of anilines is 5. The Morgan fingerprint density at radius 1 is 1.04 bits per heavy atom. The Kier molecular flexibility index (Phi) is 5.04. The van der Waals surface area contributed by atoms with Crippen molar-refractivity contribution < 1.29 is 4.74 Å². The average molecular weight is 400 g/mol. The second-order valence-electron chi connectivity index (χ2n) is 5.44. The van der Waals surface area contributed by atoms with Crippen molar-refractivity contribution in [3.05, 3.63) is 58.7 Å². The average Bonchev–Trinajstić information content (AvgIpc) is 2.62. The van der Waals surface area contributed by atoms with E-state index >= 15 is 0 Å². The van der Waals surface area contributed by atoms with Crippen LogP contribution in [0.2, 0.25) is 0 Å². The lowest BCUT2D eigenvalue weighted by Crippen LogP contribution is -2.02. The first-order chi connectivity index (χ1) is 12.0. The number of methoxy groups -OCH3 is 1. The van der Waals surface area contributed by atoms with Crippen molar-refractivity contribution in [1.29, 1.82) is 0 Å². The number of nitrogens with one attached hydrogen (secondary N) is 2. The van der Waals surface area contributed by atoms with Gasteiger partial charge in [0.15, 0.2) is 0 Å². The summed E-state index contributed by atoms with van der Waals surface area (Å²) in [5.74, 6) is 1.95. The topological polar surface area (TPSA) is 85.1 Å². The number of aryl methyl sites for hydroxylation is 1. The molecule has 0 fully saturated rings. The molecule has 2 aromatic carbocycles. The van der Waals surface area contributed by atoms with Crippen LogP contribution in [-0.4, -0.2) is 17.1 Å². The molecule has 1 heterocycles. The first-order valence-corrected chi connectivity index (χ1v) is 8.41. The molecule has 7 heteroatoms. The number of halogens is 1. The lowest BCUT2D eigenvalue weighted by molar-refractivity contribution is 0.415. The highest BCUT2D eigenvalue weighted by Crippen LogP contribution is 2.26. The molecule has 0 bridgehead atoms. The van der Waals surface area contributed by atoms with Crippen LogP contribution in [0.1, 0.15) is 5.56 Å². The molecule has 0 radical (unpaired) electrons. The maximum Gasteiger partial charge on any atom is 0.229 e. The quantitative estimate of drug-likeness (QED) is 0.542. The summed E-state index contributed by atoms with van der Waals surface area (Å²) in [5, 5.41) is 6.44. The number of rotatable bonds is 5. The highest BCUT2D eigenvalue weighted by molar-refractivity contribution is 9.10. The van der Waals surface area contributed by atoms with E-state index in [9.17, 15) is 0 Å². The number of benzene rings is 2. The molecular formula is C18H18BrN5O. The molecule has 3 aromatic rings. The minimum absolute atomic E-state index is 0.489. The molecule has 0 spiro atoms. The van der Waals surface area contributed by atoms with Crippen molar-refractivity contribution >= 4 is 44.8 Å². The van der Waals surface area contributed by atoms with Gasteiger partial charge in [0, 0.05) is 23.3 Å². The molecule has 128 valence electrons. The largest absolute Gasteiger partial charge is 0.497 e. The van der Waals surface area contributed by atoms with Crippen LogP contribution in [0, 0.1) is 6.92 Å². The number of aromatic nitrogens is 2. The monoisotopic (exact) mass is 399 g/mol. The van der Waals surface area contributed by atoms with Crippen LogP contribution in [0.3, 0.4) is 0 Å². The SMILES string of the molecule is COc1ccc(Nc2nc(Nc3ccc(N)c(C)c3)ncc2Br)cc1. The van der Waals surface area contributed by atoms with Gasteiger partial charge >= 0.3 is 0 Å². The van der Waals surface area contributed by atoms with Crippen molar-refractivity contribution in [1.82, 2.24) is 9.97 Å². The van der Waals surface area contributed by atoms with Gasteiger partial charge in [0.05, 0.1) is 11.6 Å². The first-order valence-electron chi connectivity index (χ1n) is 7.62. The molecule has 0 aliphatic carbocycles. The third kappa shape index (κ3) is 4.19. The Morgan fingerprint density at radius 2 is 1.76 bits per heavy atom. The second kappa shape index (κ2) is 7.40. The van der Waals surface area contributed by atoms with Crippen LogP contribution in [-0.2, 0) is 0 Å². The Labute approximate surface area is 154 Å². The minimum Gasteiger partial charge on any atom is -0.497 e. The number of hydrogen-bond donors (Lipinski definition) is 3. The van der Waals surface area contributed by atoms with E-state index in [1.54, 1.807) is 13.3 Å². The number of nitrogen functional groups attached to an aromatic ring is 1. The van der Waals surface area contributed by atoms with E-state index in [2.05, 4.69) is 36.5 Å². The summed E-state index contributed by atoms with van der Waals surface area (Å²) in [4.78, 5) is 8.81. The fraction of sp³-hybridized carbons (Fsp3) is 0.111. The zero-order valence-electron chi connectivity index (χ0n) is 13.9. The third-order valence-corrected chi connectivity index (χ3v) is 4.20. The molecule has 4 N–H and O–H groups in total. The van der Waals surface area contributed by atoms with E-state index in [1.165, 1.54) is 0 Å². The number of ether oxygens (including phenoxy) is 1. The Bertz CT molecular complexity index is 883. The summed E-state index contributed by atoms with van der Waals surface area (Å²) in [6.45, 7) is 1.96. The van der Waals surface area contributed by atoms with Gasteiger partial charge in [-0.05, 0) is 70.9 Å². The summed E-state index contributed by atoms with van der Waals surface area (Å²) >= 11 is 3.47. The highest BCUT2D eigenvalue weighted by atomic mass is 79.9. The van der Waals surface area contributed by atoms with Gasteiger partial charge in [0.1, 0.15) is 11.6 Å². The number of hydrogen-bond acceptors (Lipinski definition) is 6. The number of nitrogens with zero attached hydrogens (tertiary/aromatic N) is 2. The van der Waals surface area contributed by atoms with Gasteiger partial charge in [-0.15, -0.1) is 0 Å². The smallest absolute Gasteiger partial charge is 0.229 e. The van der Waals surface area contributed by atoms with Gasteiger partial charge in [-0.1, -0.05) is 0 Å². The van der Waals surface area contributed by atoms with Crippen molar-refractivity contribution in [3.8, 4) is 5.75 Å². The van der Waals surface area contributed by atoms with Crippen molar-refractivity contribution in [3.63, 3.8) is 0 Å². The highest BCUT2D eigenvalue weighted by Gasteiger charge is 2.07. The summed E-state index contributed by atoms with van der Waals surface area (Å²) in [7, 11) is 1.64. The summed E-state index contributed by atoms with van der Waals surface area (Å²) in [6, 6.07) is 13.3. The van der Waals surface area contributed by atoms with Crippen LogP contribution in [0.5, 0.6) is 5.75 Å². The fourth-order valence-corrected chi connectivity index (χ4v) is 2.50. The fourth-order valence-electron chi connectivity index (χ4n) is 2.21. The lowest BCUT2D eigenvalue weighted by atomic mass is 10.2. The van der Waals surface area contributed by atoms with E-state index in [0.717, 1.165) is 32.8 Å². The van der Waals surface area contributed by atoms with Gasteiger partial charge in [-0.2, -0.15) is 4.98 Å². The molecule has 0 aliphatic heterocycles. The van der Waals surface area contributed by atoms with E-state index in [4.69, 9.17) is 10.5 Å². The summed E-state index contributed by atoms with van der Waals surface area (Å²) < 4.78 is 5.93. The zero-order chi connectivity index (χ0) is 17.8. The Morgan fingerprint density at radius 3 is 2.44 bits per heavy atom. The van der Waals surface area contributed by atoms with Gasteiger partial charge in [0.2, 0.25) is 5.95 Å². The molecule has 3 rings (SSSR count). The van der Waals surface area contributed by atoms with Crippen molar-refractivity contribution in [2.45, 2.75) is 6.92 Å². The van der Waals surface area contributed by atoms with Crippen molar-refractivity contribution in [2.24, 2.45) is 0 Å². The van der Waals surface area contributed by atoms with E-state index in [-0.39, 0.29) is 0 Å². The molecule has 0 atom stereocenters. The maximum absolute atomic E-state index is 5.85. The van der Waals surface area contributed by atoms with Crippen molar-refractivity contribution in [2.75, 3.05) is 23.5 Å². The molecule has 0 aliphatic rings. The summed E-state index contributed by atoms with van der Waals surface area (Å²) in [5.41, 5.74) is 9.38. The van der Waals surface area contributed by atoms with Crippen LogP contribution in [0.25, 0.3) is 0 Å². The second-order valence-corrected chi connectivity index (χ2v) is 6.29. The predicted molar refractivity (Wildman–Crippen MR) is 105 cm³/mol. The molecule has 1 aromatic heterocycles. The normalized spacial score (nSPS) is 10.4. The predicted octanol–water partition coefficient (Wildman–Crippen LogP) is 4.63. The Hall–Kier alpha value is -2.80. The first kappa shape index (κ1) is 17.0. The molecule has 25 heavy (non-hydrogen) atoms. The minimum atomic E-state index is 0.489. The van der Waals surface area contributed by atoms with Gasteiger partial charge in [0.25, 0.3) is 0 Å². The van der Waals surface area contributed by atoms with E-state index < -0.39 is 0 Å². The van der Waals surface area contributed by atoms with Crippen LogP contribution >= 0.6 is 15.9 Å². The van der Waals surface area contributed by atoms with E-state index in [0.29, 0.717) is 11.8 Å². The summed E-state index contributed by atoms with van der Waals surface area (Å²) in [6.07, 6.45) is 1.70. The molecule has 0 saturated heterocycles. The standard InChI is InChI=1S/C18H18BrN5O/c1-11-9-13(5-8-16(11)20)23-18-21-10-15(19)17(24-18)22-12-3-6-14(25-2)7-4-12/h3-10H,20H2,1-2H3,(H2,21,22,23,24). The molecule has 6 nitrogen and oxygen atoms in total.